The molecule has 7 nitrogen and oxygen atoms in total. The normalized spacial score (nSPS) is 23.2. The topological polar surface area (TPSA) is 60.4 Å². The van der Waals surface area contributed by atoms with Crippen LogP contribution in [-0.2, 0) is 22.6 Å². The minimum Gasteiger partial charge on any atom is -0.469 e. The van der Waals surface area contributed by atoms with Crippen molar-refractivity contribution in [2.75, 3.05) is 59.5 Å². The summed E-state index contributed by atoms with van der Waals surface area (Å²) in [4.78, 5) is 24.3. The zero-order valence-electron chi connectivity index (χ0n) is 19.6. The summed E-state index contributed by atoms with van der Waals surface area (Å²) in [5.41, 5.74) is 2.63. The highest BCUT2D eigenvalue weighted by Gasteiger charge is 2.36. The number of likely N-dealkylation sites (tertiary alicyclic amines) is 1. The second-order valence-electron chi connectivity index (χ2n) is 8.66. The number of hydrogen-bond acceptors (Lipinski definition) is 5. The van der Waals surface area contributed by atoms with Crippen molar-refractivity contribution in [1.82, 2.24) is 20.0 Å². The number of rotatable bonds is 7. The van der Waals surface area contributed by atoms with E-state index in [9.17, 15) is 4.79 Å². The SMILES string of the molecule is CCNC(=NCc1ccccc1CN1CCN(CC)CC1)N1CC(C)C(C(=O)OC)C1. The predicted molar refractivity (Wildman–Crippen MR) is 125 cm³/mol. The van der Waals surface area contributed by atoms with E-state index in [2.05, 4.69) is 65.1 Å². The van der Waals surface area contributed by atoms with Crippen LogP contribution in [0.15, 0.2) is 29.3 Å². The Hall–Kier alpha value is -2.12. The van der Waals surface area contributed by atoms with Gasteiger partial charge < -0.3 is 19.9 Å². The van der Waals surface area contributed by atoms with Crippen LogP contribution >= 0.6 is 0 Å². The maximum absolute atomic E-state index is 12.1. The Morgan fingerprint density at radius 1 is 1.10 bits per heavy atom. The average Bonchev–Trinajstić information content (AvgIpc) is 3.19. The molecule has 3 rings (SSSR count). The quantitative estimate of drug-likeness (QED) is 0.407. The molecule has 1 N–H and O–H groups in total. The average molecular weight is 430 g/mol. The molecule has 0 aliphatic carbocycles. The molecule has 0 bridgehead atoms. The highest BCUT2D eigenvalue weighted by atomic mass is 16.5. The molecule has 172 valence electrons. The number of esters is 1. The number of carbonyl (C=O) groups is 1. The lowest BCUT2D eigenvalue weighted by Gasteiger charge is -2.34. The van der Waals surface area contributed by atoms with Crippen molar-refractivity contribution in [3.8, 4) is 0 Å². The fourth-order valence-electron chi connectivity index (χ4n) is 4.55. The lowest BCUT2D eigenvalue weighted by molar-refractivity contribution is -0.145. The molecule has 2 atom stereocenters. The van der Waals surface area contributed by atoms with Crippen molar-refractivity contribution in [3.63, 3.8) is 0 Å². The van der Waals surface area contributed by atoms with Crippen LogP contribution in [0.1, 0.15) is 31.9 Å². The number of hydrogen-bond donors (Lipinski definition) is 1. The second kappa shape index (κ2) is 11.5. The lowest BCUT2D eigenvalue weighted by Crippen LogP contribution is -2.45. The Kier molecular flexibility index (Phi) is 8.72. The van der Waals surface area contributed by atoms with Crippen LogP contribution < -0.4 is 5.32 Å². The van der Waals surface area contributed by atoms with Gasteiger partial charge in [0.2, 0.25) is 0 Å². The van der Waals surface area contributed by atoms with Crippen LogP contribution in [0.2, 0.25) is 0 Å². The first-order chi connectivity index (χ1) is 15.0. The molecule has 1 aromatic rings. The molecule has 0 radical (unpaired) electrons. The van der Waals surface area contributed by atoms with Gasteiger partial charge in [0, 0.05) is 52.4 Å². The van der Waals surface area contributed by atoms with E-state index < -0.39 is 0 Å². The third-order valence-electron chi connectivity index (χ3n) is 6.57. The van der Waals surface area contributed by atoms with Crippen LogP contribution in [0, 0.1) is 11.8 Å². The van der Waals surface area contributed by atoms with Gasteiger partial charge in [-0.3, -0.25) is 9.69 Å². The van der Waals surface area contributed by atoms with Crippen LogP contribution in [0.25, 0.3) is 0 Å². The number of carbonyl (C=O) groups excluding carboxylic acids is 1. The van der Waals surface area contributed by atoms with Gasteiger partial charge in [-0.15, -0.1) is 0 Å². The maximum atomic E-state index is 12.1. The van der Waals surface area contributed by atoms with E-state index in [1.165, 1.54) is 18.2 Å². The van der Waals surface area contributed by atoms with Crippen LogP contribution in [0.3, 0.4) is 0 Å². The van der Waals surface area contributed by atoms with E-state index in [0.717, 1.165) is 58.3 Å². The molecule has 2 unspecified atom stereocenters. The maximum Gasteiger partial charge on any atom is 0.310 e. The summed E-state index contributed by atoms with van der Waals surface area (Å²) in [5, 5.41) is 3.41. The largest absolute Gasteiger partial charge is 0.469 e. The number of ether oxygens (including phenoxy) is 1. The third kappa shape index (κ3) is 6.20. The highest BCUT2D eigenvalue weighted by Crippen LogP contribution is 2.24. The third-order valence-corrected chi connectivity index (χ3v) is 6.57. The van der Waals surface area contributed by atoms with Crippen molar-refractivity contribution in [2.24, 2.45) is 16.8 Å². The molecular weight excluding hydrogens is 390 g/mol. The number of benzene rings is 1. The predicted octanol–water partition coefficient (Wildman–Crippen LogP) is 2.03. The number of methoxy groups -OCH3 is 1. The van der Waals surface area contributed by atoms with E-state index in [1.54, 1.807) is 0 Å². The summed E-state index contributed by atoms with van der Waals surface area (Å²) >= 11 is 0. The number of nitrogens with one attached hydrogen (secondary N) is 1. The van der Waals surface area contributed by atoms with Crippen LogP contribution in [-0.4, -0.2) is 86.1 Å². The first-order valence-electron chi connectivity index (χ1n) is 11.7. The summed E-state index contributed by atoms with van der Waals surface area (Å²) in [6.07, 6.45) is 0. The highest BCUT2D eigenvalue weighted by molar-refractivity contribution is 5.82. The molecule has 1 aromatic carbocycles. The molecule has 0 spiro atoms. The molecule has 2 aliphatic heterocycles. The van der Waals surface area contributed by atoms with E-state index in [4.69, 9.17) is 9.73 Å². The van der Waals surface area contributed by atoms with Crippen molar-refractivity contribution in [1.29, 1.82) is 0 Å². The molecule has 2 heterocycles. The number of likely N-dealkylation sites (N-methyl/N-ethyl adjacent to an activating group) is 1. The van der Waals surface area contributed by atoms with Gasteiger partial charge in [-0.25, -0.2) is 4.99 Å². The zero-order valence-corrected chi connectivity index (χ0v) is 19.6. The van der Waals surface area contributed by atoms with Gasteiger partial charge in [0.05, 0.1) is 19.6 Å². The number of nitrogens with zero attached hydrogens (tertiary/aromatic N) is 4. The van der Waals surface area contributed by atoms with Gasteiger partial charge in [-0.05, 0) is 30.5 Å². The summed E-state index contributed by atoms with van der Waals surface area (Å²) in [7, 11) is 1.47. The minimum absolute atomic E-state index is 0.0945. The van der Waals surface area contributed by atoms with Gasteiger partial charge in [0.1, 0.15) is 0 Å². The van der Waals surface area contributed by atoms with Crippen molar-refractivity contribution in [3.05, 3.63) is 35.4 Å². The fraction of sp³-hybridized carbons (Fsp3) is 0.667. The summed E-state index contributed by atoms with van der Waals surface area (Å²) in [6.45, 7) is 16.0. The Balaban J connectivity index is 1.67. The smallest absolute Gasteiger partial charge is 0.310 e. The fourth-order valence-corrected chi connectivity index (χ4v) is 4.55. The van der Waals surface area contributed by atoms with E-state index in [0.29, 0.717) is 13.1 Å². The van der Waals surface area contributed by atoms with E-state index in [-0.39, 0.29) is 17.8 Å². The van der Waals surface area contributed by atoms with Gasteiger partial charge >= 0.3 is 5.97 Å². The minimum atomic E-state index is -0.126. The molecule has 7 heteroatoms. The van der Waals surface area contributed by atoms with Crippen molar-refractivity contribution < 1.29 is 9.53 Å². The lowest BCUT2D eigenvalue weighted by atomic mass is 9.99. The van der Waals surface area contributed by atoms with Gasteiger partial charge in [0.25, 0.3) is 0 Å². The number of piperazine rings is 1. The summed E-state index contributed by atoms with van der Waals surface area (Å²) in [5.74, 6) is 0.916. The molecule has 0 amide bonds. The Morgan fingerprint density at radius 3 is 2.42 bits per heavy atom. The van der Waals surface area contributed by atoms with Crippen molar-refractivity contribution >= 4 is 11.9 Å². The van der Waals surface area contributed by atoms with Crippen molar-refractivity contribution in [2.45, 2.75) is 33.9 Å². The monoisotopic (exact) mass is 429 g/mol. The molecular formula is C24H39N5O2. The number of guanidine groups is 1. The molecule has 0 aromatic heterocycles. The number of aliphatic imine (C=N–C) groups is 1. The zero-order chi connectivity index (χ0) is 22.2. The molecule has 2 fully saturated rings. The van der Waals surface area contributed by atoms with Crippen LogP contribution in [0.4, 0.5) is 0 Å². The van der Waals surface area contributed by atoms with Gasteiger partial charge in [-0.1, -0.05) is 38.1 Å². The molecule has 2 saturated heterocycles. The second-order valence-corrected chi connectivity index (χ2v) is 8.66. The first kappa shape index (κ1) is 23.5. The first-order valence-corrected chi connectivity index (χ1v) is 11.7. The van der Waals surface area contributed by atoms with E-state index >= 15 is 0 Å². The van der Waals surface area contributed by atoms with Crippen LogP contribution in [0.5, 0.6) is 0 Å². The Labute approximate surface area is 187 Å². The molecule has 0 saturated carbocycles. The molecule has 31 heavy (non-hydrogen) atoms. The Morgan fingerprint density at radius 2 is 1.77 bits per heavy atom. The Bertz CT molecular complexity index is 745. The summed E-state index contributed by atoms with van der Waals surface area (Å²) in [6, 6.07) is 8.64. The summed E-state index contributed by atoms with van der Waals surface area (Å²) < 4.78 is 4.99. The van der Waals surface area contributed by atoms with Gasteiger partial charge in [0.15, 0.2) is 5.96 Å². The molecule has 2 aliphatic rings. The van der Waals surface area contributed by atoms with Gasteiger partial charge in [-0.2, -0.15) is 0 Å². The standard InChI is InChI=1S/C24H39N5O2/c1-5-25-24(29-16-19(3)22(18-29)23(30)31-4)26-15-20-9-7-8-10-21(20)17-28-13-11-27(6-2)12-14-28/h7-10,19,22H,5-6,11-18H2,1-4H3,(H,25,26). The van der Waals surface area contributed by atoms with E-state index in [1.807, 2.05) is 0 Å².